The molecule has 26 heavy (non-hydrogen) atoms. The lowest BCUT2D eigenvalue weighted by Crippen LogP contribution is -2.12. The van der Waals surface area contributed by atoms with E-state index in [0.29, 0.717) is 23.2 Å². The van der Waals surface area contributed by atoms with Crippen molar-refractivity contribution in [2.75, 3.05) is 10.5 Å². The molecule has 0 spiro atoms. The van der Waals surface area contributed by atoms with Crippen LogP contribution in [0.25, 0.3) is 11.0 Å². The smallest absolute Gasteiger partial charge is 0.198 e. The highest BCUT2D eigenvalue weighted by Crippen LogP contribution is 2.26. The first-order valence-electron chi connectivity index (χ1n) is 7.91. The van der Waals surface area contributed by atoms with Crippen LogP contribution >= 0.6 is 0 Å². The van der Waals surface area contributed by atoms with Gasteiger partial charge in [-0.15, -0.1) is 0 Å². The molecule has 1 unspecified atom stereocenters. The highest BCUT2D eigenvalue weighted by atomic mass is 32.2. The number of H-pyrrole nitrogens is 1. The monoisotopic (exact) mass is 370 g/mol. The number of halogens is 1. The summed E-state index contributed by atoms with van der Waals surface area (Å²) in [5.41, 5.74) is 0.651. The minimum absolute atomic E-state index is 0.00102. The number of ketones is 1. The fourth-order valence-corrected chi connectivity index (χ4v) is 3.49. The Morgan fingerprint density at radius 2 is 2.19 bits per heavy atom. The summed E-state index contributed by atoms with van der Waals surface area (Å²) in [4.78, 5) is 19.8. The van der Waals surface area contributed by atoms with Crippen LogP contribution in [-0.2, 0) is 11.0 Å². The van der Waals surface area contributed by atoms with Gasteiger partial charge in [0.2, 0.25) is 0 Å². The largest absolute Gasteiger partial charge is 0.345 e. The van der Waals surface area contributed by atoms with Crippen molar-refractivity contribution < 1.29 is 13.4 Å². The lowest BCUT2D eigenvalue weighted by Gasteiger charge is -2.09. The fourth-order valence-electron chi connectivity index (χ4n) is 2.62. The van der Waals surface area contributed by atoms with Crippen molar-refractivity contribution in [3.8, 4) is 6.07 Å². The van der Waals surface area contributed by atoms with Crippen LogP contribution in [0.5, 0.6) is 0 Å². The van der Waals surface area contributed by atoms with E-state index < -0.39 is 22.6 Å². The number of aromatic nitrogens is 2. The van der Waals surface area contributed by atoms with Crippen molar-refractivity contribution in [3.63, 3.8) is 0 Å². The Morgan fingerprint density at radius 3 is 2.92 bits per heavy atom. The van der Waals surface area contributed by atoms with Crippen LogP contribution in [0.4, 0.5) is 10.1 Å². The topological polar surface area (TPSA) is 98.6 Å². The van der Waals surface area contributed by atoms with Crippen LogP contribution in [0, 0.1) is 17.1 Å². The number of anilines is 1. The number of nitrogens with zero attached hydrogens (tertiary/aromatic N) is 2. The maximum atomic E-state index is 14.8. The fraction of sp³-hybridized carbons (Fsp3) is 0.167. The van der Waals surface area contributed by atoms with Crippen LogP contribution in [0.15, 0.2) is 36.7 Å². The van der Waals surface area contributed by atoms with Crippen LogP contribution in [0.2, 0.25) is 0 Å². The van der Waals surface area contributed by atoms with Gasteiger partial charge < -0.3 is 9.71 Å². The SMILES string of the molecule is CCCS(=O)Nc1cccc(C(=O)c2c[nH]c3nccc(C#N)c23)c1F. The van der Waals surface area contributed by atoms with E-state index in [1.165, 1.54) is 36.7 Å². The third-order valence-corrected chi connectivity index (χ3v) is 5.02. The van der Waals surface area contributed by atoms with Crippen LogP contribution in [0.3, 0.4) is 0 Å². The number of hydrogen-bond donors (Lipinski definition) is 2. The average Bonchev–Trinajstić information content (AvgIpc) is 3.07. The van der Waals surface area contributed by atoms with Crippen LogP contribution in [-0.4, -0.2) is 25.7 Å². The Labute approximate surface area is 151 Å². The zero-order valence-corrected chi connectivity index (χ0v) is 14.7. The van der Waals surface area contributed by atoms with Gasteiger partial charge in [0.05, 0.1) is 28.4 Å². The summed E-state index contributed by atoms with van der Waals surface area (Å²) in [6, 6.07) is 7.80. The molecule has 0 amide bonds. The predicted molar refractivity (Wildman–Crippen MR) is 97.6 cm³/mol. The third kappa shape index (κ3) is 3.21. The second-order valence-electron chi connectivity index (χ2n) is 5.54. The van der Waals surface area contributed by atoms with Crippen LogP contribution in [0.1, 0.15) is 34.8 Å². The number of benzene rings is 1. The number of aromatic amines is 1. The van der Waals surface area contributed by atoms with Crippen molar-refractivity contribution in [1.29, 1.82) is 5.26 Å². The maximum Gasteiger partial charge on any atom is 0.198 e. The molecule has 0 aliphatic rings. The first-order chi connectivity index (χ1) is 12.6. The van der Waals surface area contributed by atoms with E-state index in [0.717, 1.165) is 0 Å². The van der Waals surface area contributed by atoms with Gasteiger partial charge in [0.15, 0.2) is 11.6 Å². The van der Waals surface area contributed by atoms with Gasteiger partial charge in [0.25, 0.3) is 0 Å². The number of carbonyl (C=O) groups excluding carboxylic acids is 1. The quantitative estimate of drug-likeness (QED) is 0.651. The number of pyridine rings is 1. The molecule has 6 nitrogen and oxygen atoms in total. The lowest BCUT2D eigenvalue weighted by atomic mass is 10.0. The number of nitriles is 1. The maximum absolute atomic E-state index is 14.8. The molecule has 0 radical (unpaired) electrons. The molecule has 8 heteroatoms. The number of carbonyl (C=O) groups is 1. The molecular formula is C18H15FN4O2S. The summed E-state index contributed by atoms with van der Waals surface area (Å²) < 4.78 is 29.2. The summed E-state index contributed by atoms with van der Waals surface area (Å²) >= 11 is 0. The molecule has 0 aliphatic heterocycles. The molecule has 0 aliphatic carbocycles. The van der Waals surface area contributed by atoms with Gasteiger partial charge in [-0.25, -0.2) is 13.6 Å². The van der Waals surface area contributed by atoms with Crippen molar-refractivity contribution in [2.24, 2.45) is 0 Å². The summed E-state index contributed by atoms with van der Waals surface area (Å²) in [7, 11) is -1.43. The summed E-state index contributed by atoms with van der Waals surface area (Å²) in [6.45, 7) is 1.87. The van der Waals surface area contributed by atoms with Crippen molar-refractivity contribution in [3.05, 3.63) is 59.2 Å². The molecule has 1 aromatic carbocycles. The molecule has 3 aromatic rings. The van der Waals surface area contributed by atoms with Gasteiger partial charge >= 0.3 is 0 Å². The average molecular weight is 370 g/mol. The third-order valence-electron chi connectivity index (χ3n) is 3.80. The van der Waals surface area contributed by atoms with Gasteiger partial charge in [-0.2, -0.15) is 5.26 Å². The number of rotatable bonds is 6. The highest BCUT2D eigenvalue weighted by Gasteiger charge is 2.22. The van der Waals surface area contributed by atoms with Crippen LogP contribution < -0.4 is 4.72 Å². The lowest BCUT2D eigenvalue weighted by molar-refractivity contribution is 0.103. The van der Waals surface area contributed by atoms with E-state index in [9.17, 15) is 18.7 Å². The summed E-state index contributed by atoms with van der Waals surface area (Å²) in [5, 5.41) is 9.61. The van der Waals surface area contributed by atoms with Gasteiger partial charge in [0, 0.05) is 23.5 Å². The van der Waals surface area contributed by atoms with E-state index in [4.69, 9.17) is 0 Å². The van der Waals surface area contributed by atoms with Gasteiger partial charge in [0.1, 0.15) is 16.6 Å². The van der Waals surface area contributed by atoms with Crippen molar-refractivity contribution >= 4 is 33.5 Å². The Hall–Kier alpha value is -3.05. The standard InChI is InChI=1S/C18H15FN4O2S/c1-2-8-26(25)23-14-5-3-4-12(16(14)19)17(24)13-10-22-18-15(13)11(9-20)6-7-21-18/h3-7,10,23H,2,8H2,1H3,(H,21,22). The molecular weight excluding hydrogens is 355 g/mol. The Morgan fingerprint density at radius 1 is 1.38 bits per heavy atom. The zero-order chi connectivity index (χ0) is 18.7. The normalized spacial score (nSPS) is 11.9. The predicted octanol–water partition coefficient (Wildman–Crippen LogP) is 3.29. The minimum Gasteiger partial charge on any atom is -0.345 e. The Kier molecular flexibility index (Phi) is 5.09. The molecule has 0 saturated heterocycles. The number of fused-ring (bicyclic) bond motifs is 1. The Balaban J connectivity index is 2.04. The summed E-state index contributed by atoms with van der Waals surface area (Å²) in [5.74, 6) is -0.987. The molecule has 0 saturated carbocycles. The molecule has 1 atom stereocenters. The second kappa shape index (κ2) is 7.45. The van der Waals surface area contributed by atoms with Gasteiger partial charge in [-0.05, 0) is 24.6 Å². The van der Waals surface area contributed by atoms with Crippen molar-refractivity contribution in [2.45, 2.75) is 13.3 Å². The highest BCUT2D eigenvalue weighted by molar-refractivity contribution is 7.86. The molecule has 2 heterocycles. The molecule has 2 N–H and O–H groups in total. The molecule has 3 rings (SSSR count). The second-order valence-corrected chi connectivity index (χ2v) is 6.85. The minimum atomic E-state index is -1.43. The van der Waals surface area contributed by atoms with Crippen molar-refractivity contribution in [1.82, 2.24) is 9.97 Å². The first kappa shape index (κ1) is 17.8. The van der Waals surface area contributed by atoms with E-state index in [1.54, 1.807) is 0 Å². The van der Waals surface area contributed by atoms with E-state index in [-0.39, 0.29) is 22.4 Å². The molecule has 0 fully saturated rings. The number of nitrogens with one attached hydrogen (secondary N) is 2. The zero-order valence-electron chi connectivity index (χ0n) is 13.9. The molecule has 2 aromatic heterocycles. The van der Waals surface area contributed by atoms with Gasteiger partial charge in [-0.3, -0.25) is 4.79 Å². The molecule has 0 bridgehead atoms. The van der Waals surface area contributed by atoms with E-state index in [1.807, 2.05) is 13.0 Å². The number of hydrogen-bond acceptors (Lipinski definition) is 4. The first-order valence-corrected chi connectivity index (χ1v) is 9.23. The van der Waals surface area contributed by atoms with Gasteiger partial charge in [-0.1, -0.05) is 13.0 Å². The molecule has 132 valence electrons. The summed E-state index contributed by atoms with van der Waals surface area (Å²) in [6.07, 6.45) is 3.55. The van der Waals surface area contributed by atoms with E-state index in [2.05, 4.69) is 14.7 Å². The van der Waals surface area contributed by atoms with E-state index >= 15 is 0 Å². The Bertz CT molecular complexity index is 1060.